The van der Waals surface area contributed by atoms with Crippen LogP contribution in [0.5, 0.6) is 0 Å². The van der Waals surface area contributed by atoms with Crippen LogP contribution in [0.15, 0.2) is 12.1 Å². The molecule has 0 aliphatic carbocycles. The summed E-state index contributed by atoms with van der Waals surface area (Å²) in [6, 6.07) is 4.32. The van der Waals surface area contributed by atoms with E-state index in [1.54, 1.807) is 7.11 Å². The van der Waals surface area contributed by atoms with Crippen molar-refractivity contribution in [1.82, 2.24) is 4.90 Å². The highest BCUT2D eigenvalue weighted by molar-refractivity contribution is 7.11. The van der Waals surface area contributed by atoms with E-state index in [2.05, 4.69) is 30.9 Å². The Hall–Kier alpha value is -0.420. The lowest BCUT2D eigenvalue weighted by Gasteiger charge is -2.23. The van der Waals surface area contributed by atoms with Gasteiger partial charge in [-0.2, -0.15) is 0 Å². The smallest absolute Gasteiger partial charge is 0.0589 e. The van der Waals surface area contributed by atoms with Gasteiger partial charge in [0.25, 0.3) is 0 Å². The fraction of sp³-hybridized carbons (Fsp3) is 0.692. The van der Waals surface area contributed by atoms with E-state index in [-0.39, 0.29) is 0 Å². The number of hydrogen-bond acceptors (Lipinski definition) is 4. The lowest BCUT2D eigenvalue weighted by molar-refractivity contribution is 0.136. The number of rotatable bonds is 8. The second-order valence-corrected chi connectivity index (χ2v) is 5.95. The van der Waals surface area contributed by atoms with Crippen LogP contribution in [0.1, 0.15) is 23.6 Å². The molecule has 0 amide bonds. The molecule has 1 rings (SSSR count). The highest BCUT2D eigenvalue weighted by Crippen LogP contribution is 2.18. The lowest BCUT2D eigenvalue weighted by atomic mass is 10.2. The zero-order valence-corrected chi connectivity index (χ0v) is 11.9. The van der Waals surface area contributed by atoms with Gasteiger partial charge in [-0.15, -0.1) is 11.3 Å². The molecule has 1 heterocycles. The molecule has 4 heteroatoms. The molecule has 0 aliphatic heterocycles. The summed E-state index contributed by atoms with van der Waals surface area (Å²) in [5.74, 6) is 0.681. The van der Waals surface area contributed by atoms with E-state index in [0.29, 0.717) is 12.5 Å². The van der Waals surface area contributed by atoms with Gasteiger partial charge in [0.05, 0.1) is 6.61 Å². The molecule has 3 nitrogen and oxygen atoms in total. The highest BCUT2D eigenvalue weighted by atomic mass is 32.1. The lowest BCUT2D eigenvalue weighted by Crippen LogP contribution is -2.30. The van der Waals surface area contributed by atoms with E-state index in [0.717, 1.165) is 26.2 Å². The summed E-state index contributed by atoms with van der Waals surface area (Å²) < 4.78 is 5.16. The number of nitrogens with two attached hydrogens (primary N) is 1. The second-order valence-electron chi connectivity index (χ2n) is 4.69. The molecule has 2 N–H and O–H groups in total. The SMILES string of the molecule is COCCN(Cc1ccc(CN)s1)CC(C)C. The summed E-state index contributed by atoms with van der Waals surface area (Å²) in [5, 5.41) is 0. The van der Waals surface area contributed by atoms with E-state index < -0.39 is 0 Å². The molecule has 0 spiro atoms. The molecule has 1 aromatic rings. The summed E-state index contributed by atoms with van der Waals surface area (Å²) in [7, 11) is 1.76. The minimum Gasteiger partial charge on any atom is -0.383 e. The third kappa shape index (κ3) is 5.64. The number of nitrogens with zero attached hydrogens (tertiary/aromatic N) is 1. The Balaban J connectivity index is 2.51. The van der Waals surface area contributed by atoms with E-state index in [1.807, 2.05) is 11.3 Å². The summed E-state index contributed by atoms with van der Waals surface area (Å²) in [4.78, 5) is 5.10. The van der Waals surface area contributed by atoms with Crippen LogP contribution in [0.4, 0.5) is 0 Å². The van der Waals surface area contributed by atoms with Crippen LogP contribution in [0.2, 0.25) is 0 Å². The maximum absolute atomic E-state index is 5.63. The monoisotopic (exact) mass is 256 g/mol. The molecule has 0 saturated heterocycles. The number of thiophene rings is 1. The van der Waals surface area contributed by atoms with Crippen molar-refractivity contribution in [3.05, 3.63) is 21.9 Å². The molecule has 0 saturated carbocycles. The Bertz CT molecular complexity index is 312. The zero-order valence-electron chi connectivity index (χ0n) is 11.1. The first-order valence-corrected chi connectivity index (χ1v) is 6.96. The number of ether oxygens (including phenoxy) is 1. The van der Waals surface area contributed by atoms with Crippen LogP contribution in [0, 0.1) is 5.92 Å². The third-order valence-corrected chi connectivity index (χ3v) is 3.63. The molecule has 98 valence electrons. The molecule has 1 aromatic heterocycles. The molecule has 0 unspecified atom stereocenters. The predicted molar refractivity (Wildman–Crippen MR) is 74.2 cm³/mol. The minimum atomic E-state index is 0.646. The molecule has 17 heavy (non-hydrogen) atoms. The van der Waals surface area contributed by atoms with Gasteiger partial charge in [-0.05, 0) is 18.1 Å². The average Bonchev–Trinajstić information content (AvgIpc) is 2.73. The van der Waals surface area contributed by atoms with Crippen molar-refractivity contribution >= 4 is 11.3 Å². The summed E-state index contributed by atoms with van der Waals surface area (Å²) >= 11 is 1.81. The van der Waals surface area contributed by atoms with E-state index in [9.17, 15) is 0 Å². The van der Waals surface area contributed by atoms with Crippen LogP contribution >= 0.6 is 11.3 Å². The number of methoxy groups -OCH3 is 1. The van der Waals surface area contributed by atoms with Gasteiger partial charge < -0.3 is 10.5 Å². The quantitative estimate of drug-likeness (QED) is 0.775. The van der Waals surface area contributed by atoms with Crippen LogP contribution in [0.3, 0.4) is 0 Å². The standard InChI is InChI=1S/C13H24N2OS/c1-11(2)9-15(6-7-16-3)10-13-5-4-12(8-14)17-13/h4-5,11H,6-10,14H2,1-3H3. The highest BCUT2D eigenvalue weighted by Gasteiger charge is 2.09. The van der Waals surface area contributed by atoms with Crippen LogP contribution in [-0.2, 0) is 17.8 Å². The fourth-order valence-corrected chi connectivity index (χ4v) is 2.75. The normalized spacial score (nSPS) is 11.6. The van der Waals surface area contributed by atoms with E-state index >= 15 is 0 Å². The molecule has 0 aliphatic rings. The second kappa shape index (κ2) is 7.82. The topological polar surface area (TPSA) is 38.5 Å². The van der Waals surface area contributed by atoms with Crippen molar-refractivity contribution in [3.63, 3.8) is 0 Å². The predicted octanol–water partition coefficient (Wildman–Crippen LogP) is 2.31. The molecule has 0 atom stereocenters. The summed E-state index contributed by atoms with van der Waals surface area (Å²) in [5.41, 5.74) is 5.63. The van der Waals surface area contributed by atoms with Crippen molar-refractivity contribution in [2.24, 2.45) is 11.7 Å². The zero-order chi connectivity index (χ0) is 12.7. The molecular formula is C13H24N2OS. The molecular weight excluding hydrogens is 232 g/mol. The van der Waals surface area contributed by atoms with Gasteiger partial charge in [-0.1, -0.05) is 13.8 Å². The first-order chi connectivity index (χ1) is 8.15. The first kappa shape index (κ1) is 14.6. The minimum absolute atomic E-state index is 0.646. The summed E-state index contributed by atoms with van der Waals surface area (Å²) in [6.45, 7) is 9.05. The van der Waals surface area contributed by atoms with Crippen LogP contribution < -0.4 is 5.73 Å². The maximum Gasteiger partial charge on any atom is 0.0589 e. The van der Waals surface area contributed by atoms with Gasteiger partial charge in [0.2, 0.25) is 0 Å². The molecule has 0 radical (unpaired) electrons. The van der Waals surface area contributed by atoms with Crippen molar-refractivity contribution in [1.29, 1.82) is 0 Å². The summed E-state index contributed by atoms with van der Waals surface area (Å²) in [6.07, 6.45) is 0. The Labute approximate surface area is 109 Å². The average molecular weight is 256 g/mol. The van der Waals surface area contributed by atoms with Crippen molar-refractivity contribution in [2.45, 2.75) is 26.9 Å². The van der Waals surface area contributed by atoms with Gasteiger partial charge in [0, 0.05) is 43.0 Å². The van der Waals surface area contributed by atoms with Gasteiger partial charge in [-0.25, -0.2) is 0 Å². The maximum atomic E-state index is 5.63. The van der Waals surface area contributed by atoms with Crippen molar-refractivity contribution < 1.29 is 4.74 Å². The van der Waals surface area contributed by atoms with Crippen molar-refractivity contribution in [2.75, 3.05) is 26.8 Å². The van der Waals surface area contributed by atoms with Gasteiger partial charge in [0.15, 0.2) is 0 Å². The van der Waals surface area contributed by atoms with Gasteiger partial charge >= 0.3 is 0 Å². The first-order valence-electron chi connectivity index (χ1n) is 6.14. The van der Waals surface area contributed by atoms with E-state index in [1.165, 1.54) is 9.75 Å². The third-order valence-electron chi connectivity index (χ3n) is 2.53. The largest absolute Gasteiger partial charge is 0.383 e. The van der Waals surface area contributed by atoms with Crippen molar-refractivity contribution in [3.8, 4) is 0 Å². The van der Waals surface area contributed by atoms with Gasteiger partial charge in [-0.3, -0.25) is 4.90 Å². The Morgan fingerprint density at radius 1 is 1.35 bits per heavy atom. The Morgan fingerprint density at radius 2 is 2.06 bits per heavy atom. The molecule has 0 aromatic carbocycles. The van der Waals surface area contributed by atoms with E-state index in [4.69, 9.17) is 10.5 Å². The molecule has 0 bridgehead atoms. The number of hydrogen-bond donors (Lipinski definition) is 1. The van der Waals surface area contributed by atoms with Gasteiger partial charge in [0.1, 0.15) is 0 Å². The molecule has 0 fully saturated rings. The Kier molecular flexibility index (Phi) is 6.73. The van der Waals surface area contributed by atoms with Crippen LogP contribution in [0.25, 0.3) is 0 Å². The van der Waals surface area contributed by atoms with Crippen LogP contribution in [-0.4, -0.2) is 31.7 Å². The fourth-order valence-electron chi connectivity index (χ4n) is 1.81. The Morgan fingerprint density at radius 3 is 2.59 bits per heavy atom.